The summed E-state index contributed by atoms with van der Waals surface area (Å²) in [5, 5.41) is 0. The highest BCUT2D eigenvalue weighted by Gasteiger charge is 2.23. The van der Waals surface area contributed by atoms with Crippen molar-refractivity contribution >= 4 is 8.60 Å². The van der Waals surface area contributed by atoms with Crippen molar-refractivity contribution in [3.63, 3.8) is 0 Å². The fourth-order valence-corrected chi connectivity index (χ4v) is 5.05. The smallest absolute Gasteiger partial charge is 0.316 e. The van der Waals surface area contributed by atoms with E-state index in [1.165, 1.54) is 83.5 Å². The highest BCUT2D eigenvalue weighted by atomic mass is 31.2. The fourth-order valence-electron chi connectivity index (χ4n) is 4.06. The van der Waals surface area contributed by atoms with Crippen LogP contribution in [-0.2, 0) is 13.6 Å². The molecule has 1 atom stereocenters. The van der Waals surface area contributed by atoms with Gasteiger partial charge in [-0.2, -0.15) is 0 Å². The molecule has 192 valence electrons. The molecule has 1 heterocycles. The number of unbranched alkanes of at least 4 members (excludes halogenated alkanes) is 13. The second-order valence-electron chi connectivity index (χ2n) is 8.73. The first-order chi connectivity index (χ1) is 15.8. The predicted octanol–water partition coefficient (Wildman–Crippen LogP) is 9.05. The second kappa shape index (κ2) is 25.6. The monoisotopic (exact) mass is 473 g/mol. The van der Waals surface area contributed by atoms with Gasteiger partial charge >= 0.3 is 8.60 Å². The Hall–Kier alpha value is 0.0100. The van der Waals surface area contributed by atoms with Crippen LogP contribution in [0.4, 0.5) is 0 Å². The van der Waals surface area contributed by atoms with E-state index in [4.69, 9.17) is 13.6 Å². The van der Waals surface area contributed by atoms with Crippen LogP contribution < -0.4 is 0 Å². The number of rotatable bonds is 21. The number of hydrogen-bond acceptors (Lipinski definition) is 4. The highest BCUT2D eigenvalue weighted by Crippen LogP contribution is 2.42. The van der Waals surface area contributed by atoms with Gasteiger partial charge in [-0.05, 0) is 19.3 Å². The maximum absolute atomic E-state index is 6.05. The average molecular weight is 474 g/mol. The van der Waals surface area contributed by atoms with Crippen molar-refractivity contribution in [1.29, 1.82) is 0 Å². The van der Waals surface area contributed by atoms with E-state index in [1.807, 2.05) is 19.9 Å². The first-order valence-electron chi connectivity index (χ1n) is 13.8. The summed E-state index contributed by atoms with van der Waals surface area (Å²) in [6.07, 6.45) is 23.6. The molecular weight excluding hydrogens is 417 g/mol. The van der Waals surface area contributed by atoms with Crippen molar-refractivity contribution in [2.75, 3.05) is 33.4 Å². The Kier molecular flexibility index (Phi) is 25.6. The molecular formula is C27H56NO3P. The lowest BCUT2D eigenvalue weighted by Gasteiger charge is -2.32. The molecule has 0 aromatic heterocycles. The second-order valence-corrected chi connectivity index (χ2v) is 10.0. The minimum Gasteiger partial charge on any atom is -0.316 e. The number of piperidine rings is 1. The molecule has 1 aliphatic rings. The number of nitrogens with zero attached hydrogens (tertiary/aromatic N) is 1. The summed E-state index contributed by atoms with van der Waals surface area (Å²) >= 11 is 0. The van der Waals surface area contributed by atoms with Gasteiger partial charge in [-0.25, -0.2) is 0 Å². The minimum absolute atomic E-state index is 0.272. The Morgan fingerprint density at radius 1 is 0.812 bits per heavy atom. The van der Waals surface area contributed by atoms with Crippen molar-refractivity contribution in [2.24, 2.45) is 0 Å². The van der Waals surface area contributed by atoms with E-state index >= 15 is 0 Å². The van der Waals surface area contributed by atoms with Crippen molar-refractivity contribution < 1.29 is 13.6 Å². The van der Waals surface area contributed by atoms with Crippen LogP contribution in [0.5, 0.6) is 0 Å². The van der Waals surface area contributed by atoms with E-state index in [1.54, 1.807) is 7.11 Å². The minimum atomic E-state index is -1.18. The molecule has 0 aromatic carbocycles. The van der Waals surface area contributed by atoms with Crippen LogP contribution in [0, 0.1) is 0 Å². The zero-order valence-corrected chi connectivity index (χ0v) is 23.0. The lowest BCUT2D eigenvalue weighted by atomic mass is 10.0. The molecule has 5 heteroatoms. The van der Waals surface area contributed by atoms with Gasteiger partial charge in [0.05, 0.1) is 12.7 Å². The van der Waals surface area contributed by atoms with Gasteiger partial charge in [-0.1, -0.05) is 110 Å². The fraction of sp³-hybridized carbons (Fsp3) is 0.926. The van der Waals surface area contributed by atoms with Crippen molar-refractivity contribution in [3.05, 3.63) is 12.7 Å². The molecule has 4 nitrogen and oxygen atoms in total. The molecule has 0 saturated carbocycles. The summed E-state index contributed by atoms with van der Waals surface area (Å²) < 4.78 is 17.4. The van der Waals surface area contributed by atoms with Crippen LogP contribution in [0.2, 0.25) is 0 Å². The van der Waals surface area contributed by atoms with E-state index in [0.717, 1.165) is 45.5 Å². The van der Waals surface area contributed by atoms with Crippen LogP contribution in [0.25, 0.3) is 0 Å². The summed E-state index contributed by atoms with van der Waals surface area (Å²) in [5.74, 6) is 0. The average Bonchev–Trinajstić information content (AvgIpc) is 2.83. The van der Waals surface area contributed by atoms with Gasteiger partial charge in [0.1, 0.15) is 0 Å². The van der Waals surface area contributed by atoms with Gasteiger partial charge in [-0.15, -0.1) is 6.58 Å². The Bertz CT molecular complexity index is 376. The Labute approximate surface area is 202 Å². The maximum atomic E-state index is 6.05. The third kappa shape index (κ3) is 19.5. The van der Waals surface area contributed by atoms with Crippen LogP contribution in [0.1, 0.15) is 124 Å². The molecule has 0 radical (unpaired) electrons. The molecule has 0 aliphatic carbocycles. The molecule has 32 heavy (non-hydrogen) atoms. The molecule has 1 saturated heterocycles. The van der Waals surface area contributed by atoms with Crippen LogP contribution in [0.3, 0.4) is 0 Å². The van der Waals surface area contributed by atoms with Crippen LogP contribution >= 0.6 is 8.60 Å². The summed E-state index contributed by atoms with van der Waals surface area (Å²) in [5.41, 5.74) is 0. The summed E-state index contributed by atoms with van der Waals surface area (Å²) in [6.45, 7) is 14.0. The first kappa shape index (κ1) is 32.0. The van der Waals surface area contributed by atoms with E-state index in [2.05, 4.69) is 18.4 Å². The van der Waals surface area contributed by atoms with E-state index < -0.39 is 8.60 Å². The van der Waals surface area contributed by atoms with E-state index in [-0.39, 0.29) is 6.10 Å². The lowest BCUT2D eigenvalue weighted by Crippen LogP contribution is -2.36. The molecule has 0 aromatic rings. The third-order valence-electron chi connectivity index (χ3n) is 6.00. The molecule has 0 bridgehead atoms. The quantitative estimate of drug-likeness (QED) is 0.0945. The SMILES string of the molecule is C=CCN1CCC(OP(OC)OCCCCCCCCCCCCCCCC)CC1.CC. The first-order valence-corrected chi connectivity index (χ1v) is 14.9. The Balaban J connectivity index is 0.00000466. The molecule has 0 N–H and O–H groups in total. The predicted molar refractivity (Wildman–Crippen MR) is 142 cm³/mol. The number of hydrogen-bond donors (Lipinski definition) is 0. The third-order valence-corrected chi connectivity index (χ3v) is 7.16. The number of likely N-dealkylation sites (tertiary alicyclic amines) is 1. The maximum Gasteiger partial charge on any atom is 0.332 e. The van der Waals surface area contributed by atoms with Crippen molar-refractivity contribution in [1.82, 2.24) is 4.90 Å². The van der Waals surface area contributed by atoms with Gasteiger partial charge in [0.2, 0.25) is 0 Å². The van der Waals surface area contributed by atoms with E-state index in [9.17, 15) is 0 Å². The van der Waals surface area contributed by atoms with Crippen LogP contribution in [-0.4, -0.2) is 44.4 Å². The van der Waals surface area contributed by atoms with Gasteiger partial charge in [-0.3, -0.25) is 4.90 Å². The molecule has 0 spiro atoms. The van der Waals surface area contributed by atoms with Gasteiger partial charge in [0, 0.05) is 26.7 Å². The molecule has 1 aliphatic heterocycles. The Morgan fingerprint density at radius 3 is 1.72 bits per heavy atom. The zero-order valence-electron chi connectivity index (χ0n) is 22.1. The van der Waals surface area contributed by atoms with Gasteiger partial charge in [0.15, 0.2) is 0 Å². The topological polar surface area (TPSA) is 30.9 Å². The zero-order chi connectivity index (χ0) is 23.7. The Morgan fingerprint density at radius 2 is 1.28 bits per heavy atom. The van der Waals surface area contributed by atoms with Crippen LogP contribution in [0.15, 0.2) is 12.7 Å². The highest BCUT2D eigenvalue weighted by molar-refractivity contribution is 7.41. The molecule has 1 rings (SSSR count). The molecule has 1 fully saturated rings. The van der Waals surface area contributed by atoms with Gasteiger partial charge < -0.3 is 13.6 Å². The molecule has 0 amide bonds. The van der Waals surface area contributed by atoms with Crippen molar-refractivity contribution in [2.45, 2.75) is 130 Å². The summed E-state index contributed by atoms with van der Waals surface area (Å²) in [7, 11) is 0.514. The summed E-state index contributed by atoms with van der Waals surface area (Å²) in [6, 6.07) is 0. The normalized spacial score (nSPS) is 15.9. The standard InChI is InChI=1S/C25H50NO3P.C2H6/c1-4-6-7-8-9-10-11-12-13-14-15-16-17-18-24-28-30(27-3)29-25-19-22-26(21-5-2)23-20-25;1-2/h5,25H,2,4,6-24H2,1,3H3;1-2H3. The molecule has 1 unspecified atom stereocenters. The van der Waals surface area contributed by atoms with E-state index in [0.29, 0.717) is 0 Å². The van der Waals surface area contributed by atoms with Gasteiger partial charge in [0.25, 0.3) is 0 Å². The lowest BCUT2D eigenvalue weighted by molar-refractivity contribution is 0.0772. The van der Waals surface area contributed by atoms with Crippen molar-refractivity contribution in [3.8, 4) is 0 Å². The summed E-state index contributed by atoms with van der Waals surface area (Å²) in [4.78, 5) is 2.41. The largest absolute Gasteiger partial charge is 0.332 e.